The Morgan fingerprint density at radius 2 is 1.89 bits per heavy atom. The van der Waals surface area contributed by atoms with Gasteiger partial charge in [0, 0.05) is 38.0 Å². The Balaban J connectivity index is 1.54. The molecule has 302 valence electrons. The van der Waals surface area contributed by atoms with E-state index in [1.165, 1.54) is 25.1 Å². The molecule has 4 amide bonds. The largest absolute Gasteiger partial charge is 0.496 e. The van der Waals surface area contributed by atoms with E-state index in [2.05, 4.69) is 22.2 Å². The van der Waals surface area contributed by atoms with Crippen molar-refractivity contribution in [2.45, 2.75) is 103 Å². The summed E-state index contributed by atoms with van der Waals surface area (Å²) in [5.74, 6) is -1.95. The van der Waals surface area contributed by atoms with Gasteiger partial charge in [-0.2, -0.15) is 12.7 Å². The van der Waals surface area contributed by atoms with Gasteiger partial charge in [-0.25, -0.2) is 14.5 Å². The molecule has 4 bridgehead atoms. The van der Waals surface area contributed by atoms with Crippen LogP contribution >= 0.6 is 0 Å². The third kappa shape index (κ3) is 10.1. The number of rotatable bonds is 9. The highest BCUT2D eigenvalue weighted by Crippen LogP contribution is 2.35. The molecule has 1 saturated heterocycles. The number of alkyl carbamates (subject to hydrolysis) is 1. The number of aromatic nitrogens is 1. The number of ether oxygens (including phenoxy) is 3. The molecule has 55 heavy (non-hydrogen) atoms. The average molecular weight is 785 g/mol. The molecule has 3 N–H and O–H groups in total. The summed E-state index contributed by atoms with van der Waals surface area (Å²) in [6.07, 6.45) is 8.10. The van der Waals surface area contributed by atoms with E-state index in [9.17, 15) is 27.6 Å². The van der Waals surface area contributed by atoms with E-state index in [1.807, 2.05) is 36.8 Å². The number of cyclic esters (lactones) is 1. The molecule has 0 spiro atoms. The van der Waals surface area contributed by atoms with Crippen molar-refractivity contribution in [2.75, 3.05) is 34.4 Å². The molecule has 0 radical (unpaired) electrons. The highest BCUT2D eigenvalue weighted by Gasteiger charge is 2.46. The molecule has 1 saturated carbocycles. The van der Waals surface area contributed by atoms with Gasteiger partial charge in [-0.3, -0.25) is 14.4 Å². The summed E-state index contributed by atoms with van der Waals surface area (Å²) < 4.78 is 46.0. The first-order valence-electron chi connectivity index (χ1n) is 19.1. The number of carbonyl (C=O) groups excluding carboxylic acids is 4. The van der Waals surface area contributed by atoms with Crippen LogP contribution in [-0.4, -0.2) is 105 Å². The third-order valence-corrected chi connectivity index (χ3v) is 12.4. The maximum Gasteiger partial charge on any atom is 0.407 e. The Morgan fingerprint density at radius 3 is 2.56 bits per heavy atom. The van der Waals surface area contributed by atoms with Crippen LogP contribution in [0.3, 0.4) is 0 Å². The van der Waals surface area contributed by atoms with Crippen LogP contribution in [0, 0.1) is 17.3 Å². The summed E-state index contributed by atoms with van der Waals surface area (Å²) >= 11 is 0. The number of carbonyl (C=O) groups is 4. The normalized spacial score (nSPS) is 23.8. The SMILES string of the molecule is C=C[C@H](C)C(NC(=O)[C@@H]1C[C@@H]2CN1C(=O)[C@H](C1CCCCC1)NC(=O)OCC(C)(C)CCCc1cc3c(nccc3cc1OC)O2)C(=O)NS(=O)(=O)N(C)C. The molecular formula is C39H56N6O9S. The van der Waals surface area contributed by atoms with Crippen molar-refractivity contribution in [2.24, 2.45) is 17.3 Å². The minimum absolute atomic E-state index is 0.0200. The number of hydrogen-bond donors (Lipinski definition) is 3. The number of pyridine rings is 1. The topological polar surface area (TPSA) is 186 Å². The van der Waals surface area contributed by atoms with E-state index in [0.717, 1.165) is 58.5 Å². The molecule has 5 rings (SSSR count). The number of methoxy groups -OCH3 is 1. The lowest BCUT2D eigenvalue weighted by Crippen LogP contribution is -2.59. The van der Waals surface area contributed by atoms with Crippen LogP contribution in [-0.2, 0) is 35.8 Å². The zero-order chi connectivity index (χ0) is 40.1. The van der Waals surface area contributed by atoms with Crippen LogP contribution in [0.15, 0.2) is 37.1 Å². The second kappa shape index (κ2) is 17.6. The van der Waals surface area contributed by atoms with E-state index in [1.54, 1.807) is 20.2 Å². The van der Waals surface area contributed by atoms with Crippen molar-refractivity contribution in [1.82, 2.24) is 29.5 Å². The summed E-state index contributed by atoms with van der Waals surface area (Å²) in [6, 6.07) is 2.33. The predicted molar refractivity (Wildman–Crippen MR) is 206 cm³/mol. The Morgan fingerprint density at radius 1 is 1.16 bits per heavy atom. The number of benzene rings is 1. The van der Waals surface area contributed by atoms with Gasteiger partial charge in [0.2, 0.25) is 17.7 Å². The maximum atomic E-state index is 14.8. The molecule has 2 aliphatic heterocycles. The van der Waals surface area contributed by atoms with Crippen LogP contribution < -0.4 is 24.8 Å². The molecule has 5 atom stereocenters. The highest BCUT2D eigenvalue weighted by atomic mass is 32.2. The molecule has 1 aromatic heterocycles. The summed E-state index contributed by atoms with van der Waals surface area (Å²) in [7, 11) is -0.0202. The van der Waals surface area contributed by atoms with Crippen LogP contribution in [0.1, 0.15) is 77.7 Å². The van der Waals surface area contributed by atoms with Crippen LogP contribution in [0.4, 0.5) is 4.79 Å². The van der Waals surface area contributed by atoms with Gasteiger partial charge in [0.05, 0.1) is 20.3 Å². The van der Waals surface area contributed by atoms with Crippen molar-refractivity contribution in [3.63, 3.8) is 0 Å². The van der Waals surface area contributed by atoms with E-state index in [0.29, 0.717) is 25.1 Å². The van der Waals surface area contributed by atoms with Gasteiger partial charge in [-0.15, -0.1) is 6.58 Å². The lowest BCUT2D eigenvalue weighted by Gasteiger charge is -2.35. The number of nitrogens with one attached hydrogen (secondary N) is 3. The minimum atomic E-state index is -4.18. The van der Waals surface area contributed by atoms with Gasteiger partial charge in [0.1, 0.15) is 30.0 Å². The van der Waals surface area contributed by atoms with Gasteiger partial charge in [0.15, 0.2) is 0 Å². The fraction of sp³-hybridized carbons (Fsp3) is 0.615. The Bertz CT molecular complexity index is 1860. The average Bonchev–Trinajstić information content (AvgIpc) is 3.58. The monoisotopic (exact) mass is 784 g/mol. The number of hydrogen-bond acceptors (Lipinski definition) is 10. The molecule has 2 aromatic rings. The fourth-order valence-electron chi connectivity index (χ4n) is 7.62. The maximum absolute atomic E-state index is 14.8. The van der Waals surface area contributed by atoms with Gasteiger partial charge in [0.25, 0.3) is 5.91 Å². The highest BCUT2D eigenvalue weighted by molar-refractivity contribution is 7.87. The van der Waals surface area contributed by atoms with Crippen molar-refractivity contribution >= 4 is 44.8 Å². The summed E-state index contributed by atoms with van der Waals surface area (Å²) in [5, 5.41) is 7.17. The first-order chi connectivity index (χ1) is 26.0. The molecule has 2 fully saturated rings. The standard InChI is InChI=1S/C39H56N6O9S/c1-8-24(2)32(35(47)43-55(50,51)44(5)6)41-34(46)30-21-28-22-45(30)37(48)33(25-13-10-9-11-14-25)42-38(49)53-23-39(3,4)17-12-15-27-19-29-26(20-31(27)52-7)16-18-40-36(29)54-28/h8,16,18-20,24-25,28,30,32-33H,1,9-15,17,21-23H2,2-7H3,(H,41,46)(H,42,49)(H,43,47)/t24-,28+,30-,32?,33-/m0/s1. The van der Waals surface area contributed by atoms with Gasteiger partial charge >= 0.3 is 16.3 Å². The Kier molecular flexibility index (Phi) is 13.3. The first-order valence-corrected chi connectivity index (χ1v) is 20.5. The fourth-order valence-corrected chi connectivity index (χ4v) is 8.18. The van der Waals surface area contributed by atoms with E-state index in [-0.39, 0.29) is 30.9 Å². The molecule has 1 aromatic carbocycles. The van der Waals surface area contributed by atoms with Crippen LogP contribution in [0.5, 0.6) is 11.6 Å². The van der Waals surface area contributed by atoms with Crippen molar-refractivity contribution in [1.29, 1.82) is 0 Å². The molecule has 15 nitrogen and oxygen atoms in total. The second-order valence-corrected chi connectivity index (χ2v) is 17.8. The van der Waals surface area contributed by atoms with Crippen LogP contribution in [0.25, 0.3) is 10.8 Å². The van der Waals surface area contributed by atoms with Crippen molar-refractivity contribution < 1.29 is 41.8 Å². The minimum Gasteiger partial charge on any atom is -0.496 e. The smallest absolute Gasteiger partial charge is 0.407 e. The lowest BCUT2D eigenvalue weighted by atomic mass is 9.83. The first kappa shape index (κ1) is 41.7. The second-order valence-electron chi connectivity index (χ2n) is 15.9. The summed E-state index contributed by atoms with van der Waals surface area (Å²) in [4.78, 5) is 61.9. The zero-order valence-corrected chi connectivity index (χ0v) is 33.6. The van der Waals surface area contributed by atoms with Gasteiger partial charge in [-0.1, -0.05) is 46.1 Å². The molecule has 1 unspecified atom stereocenters. The summed E-state index contributed by atoms with van der Waals surface area (Å²) in [6.45, 7) is 9.53. The Labute approximate surface area is 324 Å². The van der Waals surface area contributed by atoms with Gasteiger partial charge < -0.3 is 29.7 Å². The third-order valence-electron chi connectivity index (χ3n) is 11.0. The van der Waals surface area contributed by atoms with E-state index < -0.39 is 64.2 Å². The predicted octanol–water partition coefficient (Wildman–Crippen LogP) is 3.86. The molecular weight excluding hydrogens is 729 g/mol. The Hall–Kier alpha value is -4.44. The quantitative estimate of drug-likeness (QED) is 0.316. The lowest BCUT2D eigenvalue weighted by molar-refractivity contribution is -0.142. The molecule has 3 aliphatic rings. The van der Waals surface area contributed by atoms with Crippen molar-refractivity contribution in [3.8, 4) is 11.6 Å². The number of amides is 4. The van der Waals surface area contributed by atoms with E-state index >= 15 is 0 Å². The number of nitrogens with zero attached hydrogens (tertiary/aromatic N) is 3. The molecule has 3 heterocycles. The zero-order valence-electron chi connectivity index (χ0n) is 32.8. The van der Waals surface area contributed by atoms with E-state index in [4.69, 9.17) is 14.2 Å². The summed E-state index contributed by atoms with van der Waals surface area (Å²) in [5.41, 5.74) is 0.589. The number of aryl methyl sites for hydroxylation is 1. The van der Waals surface area contributed by atoms with Crippen LogP contribution in [0.2, 0.25) is 0 Å². The number of fused-ring (bicyclic) bond motifs is 3. The molecule has 16 heteroatoms. The molecule has 1 aliphatic carbocycles. The van der Waals surface area contributed by atoms with Gasteiger partial charge in [-0.05, 0) is 72.6 Å². The van der Waals surface area contributed by atoms with Crippen molar-refractivity contribution in [3.05, 3.63) is 42.6 Å².